The zero-order chi connectivity index (χ0) is 45.0. The second-order valence-electron chi connectivity index (χ2n) is 16.5. The molecular formula is C53H90O9. The molecule has 0 aliphatic carbocycles. The fourth-order valence-corrected chi connectivity index (χ4v) is 6.96. The van der Waals surface area contributed by atoms with Crippen LogP contribution in [-0.2, 0) is 23.7 Å². The summed E-state index contributed by atoms with van der Waals surface area (Å²) in [6.07, 6.45) is 51.8. The average Bonchev–Trinajstić information content (AvgIpc) is 3.27. The molecule has 0 aromatic carbocycles. The molecule has 0 radical (unpaired) electrons. The number of ether oxygens (including phenoxy) is 4. The van der Waals surface area contributed by atoms with Crippen molar-refractivity contribution in [2.75, 3.05) is 26.4 Å². The van der Waals surface area contributed by atoms with Gasteiger partial charge >= 0.3 is 5.97 Å². The van der Waals surface area contributed by atoms with Crippen LogP contribution in [0.2, 0.25) is 0 Å². The minimum Gasteiger partial charge on any atom is -0.457 e. The SMILES string of the molecule is CC/C=C\C/C=C\C/C=C\C/C=C\C/C=C\CCCCCCOCC(COC1OC(CO)C(O)C(O)C1O)OC(=O)CCCCCCCCCCC/C=C\C/C=C\CCCCC. The highest BCUT2D eigenvalue weighted by Gasteiger charge is 2.44. The van der Waals surface area contributed by atoms with Crippen molar-refractivity contribution in [3.63, 3.8) is 0 Å². The molecule has 0 bridgehead atoms. The summed E-state index contributed by atoms with van der Waals surface area (Å²) in [5, 5.41) is 40.2. The van der Waals surface area contributed by atoms with Crippen LogP contribution >= 0.6 is 0 Å². The molecule has 1 saturated heterocycles. The van der Waals surface area contributed by atoms with Crippen molar-refractivity contribution in [1.82, 2.24) is 0 Å². The summed E-state index contributed by atoms with van der Waals surface area (Å²) >= 11 is 0. The number of carbonyl (C=O) groups is 1. The number of unbranched alkanes of at least 4 members (excludes halogenated alkanes) is 16. The predicted molar refractivity (Wildman–Crippen MR) is 256 cm³/mol. The van der Waals surface area contributed by atoms with Gasteiger partial charge in [-0.1, -0.05) is 170 Å². The van der Waals surface area contributed by atoms with Crippen molar-refractivity contribution in [1.29, 1.82) is 0 Å². The maximum Gasteiger partial charge on any atom is 0.306 e. The summed E-state index contributed by atoms with van der Waals surface area (Å²) in [7, 11) is 0. The van der Waals surface area contributed by atoms with Crippen molar-refractivity contribution in [3.8, 4) is 0 Å². The molecule has 1 aliphatic heterocycles. The lowest BCUT2D eigenvalue weighted by molar-refractivity contribution is -0.305. The van der Waals surface area contributed by atoms with Gasteiger partial charge in [-0.3, -0.25) is 4.79 Å². The van der Waals surface area contributed by atoms with Crippen LogP contribution in [0.15, 0.2) is 85.1 Å². The Kier molecular flexibility index (Phi) is 40.4. The Morgan fingerprint density at radius 3 is 1.48 bits per heavy atom. The third kappa shape index (κ3) is 33.9. The second-order valence-corrected chi connectivity index (χ2v) is 16.5. The zero-order valence-corrected chi connectivity index (χ0v) is 39.1. The van der Waals surface area contributed by atoms with Gasteiger partial charge in [0.25, 0.3) is 0 Å². The smallest absolute Gasteiger partial charge is 0.306 e. The molecule has 1 heterocycles. The Morgan fingerprint density at radius 1 is 0.532 bits per heavy atom. The van der Waals surface area contributed by atoms with Crippen LogP contribution in [0.1, 0.15) is 181 Å². The lowest BCUT2D eigenvalue weighted by atomic mass is 9.99. The number of allylic oxidation sites excluding steroid dienone is 14. The van der Waals surface area contributed by atoms with Gasteiger partial charge in [0.05, 0.1) is 19.8 Å². The lowest BCUT2D eigenvalue weighted by Crippen LogP contribution is -2.59. The molecule has 0 saturated carbocycles. The van der Waals surface area contributed by atoms with Gasteiger partial charge in [-0.25, -0.2) is 0 Å². The van der Waals surface area contributed by atoms with Gasteiger partial charge in [-0.2, -0.15) is 0 Å². The molecular weight excluding hydrogens is 781 g/mol. The van der Waals surface area contributed by atoms with E-state index in [1.165, 1.54) is 70.6 Å². The largest absolute Gasteiger partial charge is 0.457 e. The molecule has 4 N–H and O–H groups in total. The third-order valence-electron chi connectivity index (χ3n) is 10.8. The summed E-state index contributed by atoms with van der Waals surface area (Å²) in [6, 6.07) is 0. The number of esters is 1. The van der Waals surface area contributed by atoms with Crippen LogP contribution in [0, 0.1) is 0 Å². The molecule has 6 unspecified atom stereocenters. The number of carbonyl (C=O) groups excluding carboxylic acids is 1. The van der Waals surface area contributed by atoms with E-state index in [0.717, 1.165) is 89.9 Å². The van der Waals surface area contributed by atoms with Crippen LogP contribution in [0.5, 0.6) is 0 Å². The predicted octanol–water partition coefficient (Wildman–Crippen LogP) is 11.8. The van der Waals surface area contributed by atoms with Gasteiger partial charge in [0.15, 0.2) is 6.29 Å². The van der Waals surface area contributed by atoms with Crippen molar-refractivity contribution >= 4 is 5.97 Å². The first kappa shape index (κ1) is 57.4. The molecule has 0 spiro atoms. The van der Waals surface area contributed by atoms with Gasteiger partial charge < -0.3 is 39.4 Å². The van der Waals surface area contributed by atoms with Gasteiger partial charge in [0.2, 0.25) is 0 Å². The second kappa shape index (κ2) is 43.6. The first-order valence-electron chi connectivity index (χ1n) is 24.7. The highest BCUT2D eigenvalue weighted by molar-refractivity contribution is 5.69. The highest BCUT2D eigenvalue weighted by Crippen LogP contribution is 2.22. The molecule has 0 aromatic heterocycles. The summed E-state index contributed by atoms with van der Waals surface area (Å²) in [6.45, 7) is 4.35. The van der Waals surface area contributed by atoms with Crippen molar-refractivity contribution < 1.29 is 44.2 Å². The van der Waals surface area contributed by atoms with Crippen LogP contribution in [0.25, 0.3) is 0 Å². The van der Waals surface area contributed by atoms with Crippen LogP contribution in [0.3, 0.4) is 0 Å². The highest BCUT2D eigenvalue weighted by atomic mass is 16.7. The number of aliphatic hydroxyl groups excluding tert-OH is 4. The van der Waals surface area contributed by atoms with E-state index in [9.17, 15) is 25.2 Å². The molecule has 0 amide bonds. The average molecular weight is 871 g/mol. The third-order valence-corrected chi connectivity index (χ3v) is 10.8. The van der Waals surface area contributed by atoms with Gasteiger partial charge in [0, 0.05) is 13.0 Å². The molecule has 1 fully saturated rings. The Morgan fingerprint density at radius 2 is 0.984 bits per heavy atom. The first-order valence-corrected chi connectivity index (χ1v) is 24.7. The fraction of sp³-hybridized carbons (Fsp3) is 0.717. The van der Waals surface area contributed by atoms with E-state index < -0.39 is 43.4 Å². The standard InChI is InChI=1S/C53H90O9/c1-3-5-7-9-11-13-15-17-19-21-23-25-27-29-31-33-35-37-39-41-43-59-45-47(46-60-53-52(58)51(57)50(56)48(44-54)62-53)61-49(55)42-40-38-36-34-32-30-28-26-24-22-20-18-16-14-12-10-8-6-4-2/h5,7,11-14,17-20,23,25,29,31,47-48,50-54,56-58H,3-4,6,8-10,15-16,21-22,24,26-28,30,32-46H2,1-2H3/b7-5-,13-11-,14-12-,19-17-,20-18-,25-23-,31-29-. The molecule has 356 valence electrons. The molecule has 6 atom stereocenters. The molecule has 1 aliphatic rings. The fourth-order valence-electron chi connectivity index (χ4n) is 6.96. The molecule has 9 heteroatoms. The van der Waals surface area contributed by atoms with Crippen molar-refractivity contribution in [2.45, 2.75) is 218 Å². The Balaban J connectivity index is 2.26. The van der Waals surface area contributed by atoms with E-state index in [1.807, 2.05) is 0 Å². The van der Waals surface area contributed by atoms with Gasteiger partial charge in [0.1, 0.15) is 30.5 Å². The number of hydrogen-bond acceptors (Lipinski definition) is 9. The van der Waals surface area contributed by atoms with Gasteiger partial charge in [-0.15, -0.1) is 0 Å². The lowest BCUT2D eigenvalue weighted by Gasteiger charge is -2.39. The first-order chi connectivity index (χ1) is 30.4. The summed E-state index contributed by atoms with van der Waals surface area (Å²) in [4.78, 5) is 12.8. The van der Waals surface area contributed by atoms with E-state index in [2.05, 4.69) is 98.9 Å². The number of rotatable bonds is 41. The zero-order valence-electron chi connectivity index (χ0n) is 39.1. The minimum absolute atomic E-state index is 0.121. The topological polar surface area (TPSA) is 135 Å². The van der Waals surface area contributed by atoms with Crippen LogP contribution in [-0.4, -0.2) is 89.6 Å². The minimum atomic E-state index is -1.55. The van der Waals surface area contributed by atoms with E-state index in [4.69, 9.17) is 18.9 Å². The van der Waals surface area contributed by atoms with Crippen molar-refractivity contribution in [2.24, 2.45) is 0 Å². The normalized spacial score (nSPS) is 20.5. The van der Waals surface area contributed by atoms with E-state index in [-0.39, 0.29) is 19.2 Å². The molecule has 62 heavy (non-hydrogen) atoms. The molecule has 0 aromatic rings. The monoisotopic (exact) mass is 871 g/mol. The van der Waals surface area contributed by atoms with Crippen molar-refractivity contribution in [3.05, 3.63) is 85.1 Å². The maximum absolute atomic E-state index is 12.8. The quantitative estimate of drug-likeness (QED) is 0.0269. The van der Waals surface area contributed by atoms with Gasteiger partial charge in [-0.05, 0) is 89.9 Å². The maximum atomic E-state index is 12.8. The molecule has 1 rings (SSSR count). The summed E-state index contributed by atoms with van der Waals surface area (Å²) in [5.41, 5.74) is 0. The molecule has 9 nitrogen and oxygen atoms in total. The Bertz CT molecular complexity index is 1220. The van der Waals surface area contributed by atoms with E-state index in [1.54, 1.807) is 0 Å². The summed E-state index contributed by atoms with van der Waals surface area (Å²) < 4.78 is 22.8. The Labute approximate surface area is 378 Å². The summed E-state index contributed by atoms with van der Waals surface area (Å²) in [5.74, 6) is -0.330. The van der Waals surface area contributed by atoms with E-state index >= 15 is 0 Å². The van der Waals surface area contributed by atoms with Crippen LogP contribution < -0.4 is 0 Å². The van der Waals surface area contributed by atoms with E-state index in [0.29, 0.717) is 13.0 Å². The number of aliphatic hydroxyl groups is 4. The number of hydrogen-bond donors (Lipinski definition) is 4. The Hall–Kier alpha value is -2.63. The van der Waals surface area contributed by atoms with Crippen LogP contribution in [0.4, 0.5) is 0 Å².